The molecule has 1 aromatic carbocycles. The van der Waals surface area contributed by atoms with Crippen molar-refractivity contribution < 1.29 is 17.5 Å². The summed E-state index contributed by atoms with van der Waals surface area (Å²) >= 11 is 0. The number of aryl methyl sites for hydroxylation is 1. The molecule has 0 amide bonds. The molecule has 0 aliphatic heterocycles. The van der Waals surface area contributed by atoms with E-state index in [1.54, 1.807) is 31.2 Å². The fourth-order valence-corrected chi connectivity index (χ4v) is 3.26. The Kier molecular flexibility index (Phi) is 5.48. The van der Waals surface area contributed by atoms with Crippen LogP contribution in [0.3, 0.4) is 0 Å². The number of anilines is 5. The van der Waals surface area contributed by atoms with Crippen molar-refractivity contribution in [2.24, 2.45) is 5.14 Å². The number of nitrogens with zero attached hydrogens (tertiary/aromatic N) is 3. The molecule has 0 fully saturated rings. The number of aromatic nitrogens is 3. The van der Waals surface area contributed by atoms with Crippen molar-refractivity contribution in [2.75, 3.05) is 23.5 Å². The zero-order chi connectivity index (χ0) is 21.2. The van der Waals surface area contributed by atoms with E-state index in [1.165, 1.54) is 13.2 Å². The van der Waals surface area contributed by atoms with E-state index in [4.69, 9.17) is 15.6 Å². The minimum atomic E-state index is -3.90. The average Bonchev–Trinajstić information content (AvgIpc) is 2.65. The normalized spacial score (nSPS) is 11.2. The van der Waals surface area contributed by atoms with Crippen LogP contribution in [0.2, 0.25) is 0 Å². The third kappa shape index (κ3) is 4.67. The van der Waals surface area contributed by atoms with E-state index in [0.29, 0.717) is 17.0 Å². The fraction of sp³-hybridized carbons (Fsp3) is 0.118. The van der Waals surface area contributed by atoms with Crippen LogP contribution in [0, 0.1) is 12.7 Å². The number of sulfonamides is 1. The van der Waals surface area contributed by atoms with Crippen LogP contribution in [0.25, 0.3) is 0 Å². The number of ether oxygens (including phenoxy) is 1. The van der Waals surface area contributed by atoms with Gasteiger partial charge in [0.2, 0.25) is 16.0 Å². The van der Waals surface area contributed by atoms with Gasteiger partial charge in [0.05, 0.1) is 18.2 Å². The van der Waals surface area contributed by atoms with Crippen molar-refractivity contribution in [1.29, 1.82) is 0 Å². The van der Waals surface area contributed by atoms with E-state index < -0.39 is 15.8 Å². The first kappa shape index (κ1) is 20.2. The molecule has 10 nitrogen and oxygen atoms in total. The third-order valence-corrected chi connectivity index (χ3v) is 4.90. The number of nitrogens with two attached hydrogens (primary N) is 2. The monoisotopic (exact) mass is 419 g/mol. The number of hydrogen-bond acceptors (Lipinski definition) is 9. The Balaban J connectivity index is 1.87. The lowest BCUT2D eigenvalue weighted by atomic mass is 10.2. The first-order valence-corrected chi connectivity index (χ1v) is 9.72. The fourth-order valence-electron chi connectivity index (χ4n) is 2.45. The number of benzene rings is 1. The molecule has 0 spiro atoms. The van der Waals surface area contributed by atoms with E-state index in [2.05, 4.69) is 25.6 Å². The first-order chi connectivity index (χ1) is 13.7. The summed E-state index contributed by atoms with van der Waals surface area (Å²) in [4.78, 5) is 11.9. The van der Waals surface area contributed by atoms with Crippen LogP contribution >= 0.6 is 0 Å². The highest BCUT2D eigenvalue weighted by molar-refractivity contribution is 7.89. The summed E-state index contributed by atoms with van der Waals surface area (Å²) in [7, 11) is -2.44. The number of methoxy groups -OCH3 is 1. The van der Waals surface area contributed by atoms with Gasteiger partial charge in [-0.3, -0.25) is 0 Å². The molecule has 152 valence electrons. The number of primary sulfonamides is 1. The van der Waals surface area contributed by atoms with Gasteiger partial charge in [-0.15, -0.1) is 0 Å². The van der Waals surface area contributed by atoms with E-state index >= 15 is 0 Å². The van der Waals surface area contributed by atoms with E-state index in [1.807, 2.05) is 0 Å². The SMILES string of the molecule is COc1ccc(Nc2nc(Nc3ccc(C)c(S(N)(=O)=O)c3)ncc2F)nc1N. The standard InChI is InChI=1S/C17H18FN7O3S/c1-9-3-4-10(7-13(9)29(20,26)27)22-17-21-8-11(18)16(25-17)24-14-6-5-12(28-2)15(19)23-14/h3-8H,1-2H3,(H2,20,26,27)(H4,19,21,22,23,24,25). The van der Waals surface area contributed by atoms with Crippen molar-refractivity contribution in [3.8, 4) is 5.75 Å². The van der Waals surface area contributed by atoms with E-state index in [9.17, 15) is 12.8 Å². The average molecular weight is 419 g/mol. The predicted molar refractivity (Wildman–Crippen MR) is 106 cm³/mol. The molecule has 3 aromatic rings. The second-order valence-corrected chi connectivity index (χ2v) is 7.48. The van der Waals surface area contributed by atoms with E-state index in [-0.39, 0.29) is 28.3 Å². The van der Waals surface area contributed by atoms with Gasteiger partial charge in [0.15, 0.2) is 23.2 Å². The summed E-state index contributed by atoms with van der Waals surface area (Å²) in [5.74, 6) is -0.0934. The largest absolute Gasteiger partial charge is 0.493 e. The van der Waals surface area contributed by atoms with Gasteiger partial charge >= 0.3 is 0 Å². The number of pyridine rings is 1. The summed E-state index contributed by atoms with van der Waals surface area (Å²) in [6.45, 7) is 1.62. The lowest BCUT2D eigenvalue weighted by Crippen LogP contribution is -2.14. The van der Waals surface area contributed by atoms with Gasteiger partial charge in [0.25, 0.3) is 0 Å². The second-order valence-electron chi connectivity index (χ2n) is 5.95. The smallest absolute Gasteiger partial charge is 0.238 e. The van der Waals surface area contributed by atoms with Crippen molar-refractivity contribution in [3.05, 3.63) is 47.9 Å². The molecule has 0 atom stereocenters. The quantitative estimate of drug-likeness (QED) is 0.469. The molecule has 2 heterocycles. The maximum absolute atomic E-state index is 14.1. The molecular formula is C17H18FN7O3S. The molecule has 29 heavy (non-hydrogen) atoms. The van der Waals surface area contributed by atoms with E-state index in [0.717, 1.165) is 6.20 Å². The van der Waals surface area contributed by atoms with Crippen LogP contribution in [0.15, 0.2) is 41.4 Å². The molecule has 3 rings (SSSR count). The van der Waals surface area contributed by atoms with Gasteiger partial charge in [-0.05, 0) is 36.8 Å². The van der Waals surface area contributed by atoms with Gasteiger partial charge in [-0.1, -0.05) is 6.07 Å². The van der Waals surface area contributed by atoms with Crippen LogP contribution < -0.4 is 26.2 Å². The number of halogens is 1. The highest BCUT2D eigenvalue weighted by Gasteiger charge is 2.14. The molecule has 0 unspecified atom stereocenters. The number of nitrogens with one attached hydrogen (secondary N) is 2. The number of rotatable bonds is 6. The Morgan fingerprint density at radius 1 is 1.14 bits per heavy atom. The maximum Gasteiger partial charge on any atom is 0.238 e. The summed E-state index contributed by atoms with van der Waals surface area (Å²) in [5.41, 5.74) is 6.60. The van der Waals surface area contributed by atoms with Crippen molar-refractivity contribution in [3.63, 3.8) is 0 Å². The Bertz CT molecular complexity index is 1170. The lowest BCUT2D eigenvalue weighted by molar-refractivity contribution is 0.415. The zero-order valence-electron chi connectivity index (χ0n) is 15.5. The van der Waals surface area contributed by atoms with Gasteiger partial charge in [0.1, 0.15) is 5.82 Å². The molecule has 0 saturated carbocycles. The second kappa shape index (κ2) is 7.85. The predicted octanol–water partition coefficient (Wildman–Crippen LogP) is 2.04. The minimum absolute atomic E-state index is 0.0274. The van der Waals surface area contributed by atoms with Crippen LogP contribution in [-0.2, 0) is 10.0 Å². The molecule has 6 N–H and O–H groups in total. The first-order valence-electron chi connectivity index (χ1n) is 8.18. The summed E-state index contributed by atoms with van der Waals surface area (Å²) in [6.07, 6.45) is 0.958. The van der Waals surface area contributed by atoms with Gasteiger partial charge < -0.3 is 21.1 Å². The molecule has 12 heteroatoms. The van der Waals surface area contributed by atoms with Crippen LogP contribution in [-0.4, -0.2) is 30.5 Å². The minimum Gasteiger partial charge on any atom is -0.493 e. The molecule has 0 aliphatic rings. The molecule has 0 radical (unpaired) electrons. The molecule has 0 saturated heterocycles. The van der Waals surface area contributed by atoms with Crippen molar-refractivity contribution in [2.45, 2.75) is 11.8 Å². The Morgan fingerprint density at radius 3 is 2.55 bits per heavy atom. The zero-order valence-corrected chi connectivity index (χ0v) is 16.3. The Morgan fingerprint density at radius 2 is 1.90 bits per heavy atom. The Labute approximate surface area is 166 Å². The van der Waals surface area contributed by atoms with Crippen molar-refractivity contribution >= 4 is 39.1 Å². The topological polar surface area (TPSA) is 158 Å². The molecule has 2 aromatic heterocycles. The van der Waals surface area contributed by atoms with Gasteiger partial charge in [-0.25, -0.2) is 27.9 Å². The van der Waals surface area contributed by atoms with Crippen LogP contribution in [0.4, 0.5) is 33.5 Å². The molecule has 0 bridgehead atoms. The molecular weight excluding hydrogens is 401 g/mol. The molecule has 0 aliphatic carbocycles. The summed E-state index contributed by atoms with van der Waals surface area (Å²) in [5, 5.41) is 10.7. The van der Waals surface area contributed by atoms with Crippen molar-refractivity contribution in [1.82, 2.24) is 15.0 Å². The van der Waals surface area contributed by atoms with Crippen LogP contribution in [0.1, 0.15) is 5.56 Å². The van der Waals surface area contributed by atoms with Gasteiger partial charge in [0, 0.05) is 5.69 Å². The maximum atomic E-state index is 14.1. The lowest BCUT2D eigenvalue weighted by Gasteiger charge is -2.11. The van der Waals surface area contributed by atoms with Crippen LogP contribution in [0.5, 0.6) is 5.75 Å². The highest BCUT2D eigenvalue weighted by Crippen LogP contribution is 2.25. The number of hydrogen-bond donors (Lipinski definition) is 4. The third-order valence-electron chi connectivity index (χ3n) is 3.85. The Hall–Kier alpha value is -3.51. The van der Waals surface area contributed by atoms with Gasteiger partial charge in [-0.2, -0.15) is 4.98 Å². The summed E-state index contributed by atoms with van der Waals surface area (Å²) < 4.78 is 42.5. The highest BCUT2D eigenvalue weighted by atomic mass is 32.2. The summed E-state index contributed by atoms with van der Waals surface area (Å²) in [6, 6.07) is 7.66. The number of nitrogen functional groups attached to an aromatic ring is 1.